The Morgan fingerprint density at radius 1 is 1.14 bits per heavy atom. The Kier molecular flexibility index (Phi) is 5.97. The topological polar surface area (TPSA) is 64.6 Å². The molecule has 0 aromatic heterocycles. The number of hydrogen-bond donors (Lipinski definition) is 1. The van der Waals surface area contributed by atoms with Crippen molar-refractivity contribution in [3.05, 3.63) is 29.8 Å². The van der Waals surface area contributed by atoms with E-state index < -0.39 is 23.5 Å². The fraction of sp³-hybridized carbons (Fsp3) is 0.529. The number of benzene rings is 1. The molecule has 5 heteroatoms. The molecule has 122 valence electrons. The van der Waals surface area contributed by atoms with Gasteiger partial charge in [0.25, 0.3) is 5.91 Å². The van der Waals surface area contributed by atoms with Crippen LogP contribution in [0.5, 0.6) is 5.75 Å². The second-order valence-corrected chi connectivity index (χ2v) is 6.40. The highest BCUT2D eigenvalue weighted by molar-refractivity contribution is 5.87. The maximum Gasteiger partial charge on any atom is 0.328 e. The number of carbonyl (C=O) groups is 2. The van der Waals surface area contributed by atoms with Crippen molar-refractivity contribution in [3.63, 3.8) is 0 Å². The minimum Gasteiger partial charge on any atom is -0.481 e. The second kappa shape index (κ2) is 7.29. The van der Waals surface area contributed by atoms with E-state index in [0.29, 0.717) is 5.75 Å². The molecule has 2 atom stereocenters. The molecular formula is C17H25NO4. The quantitative estimate of drug-likeness (QED) is 0.849. The lowest BCUT2D eigenvalue weighted by atomic mass is 9.86. The van der Waals surface area contributed by atoms with Crippen LogP contribution >= 0.6 is 0 Å². The van der Waals surface area contributed by atoms with Crippen LogP contribution in [-0.4, -0.2) is 31.1 Å². The van der Waals surface area contributed by atoms with Crippen LogP contribution in [0.3, 0.4) is 0 Å². The Balaban J connectivity index is 2.73. The molecule has 0 fully saturated rings. The maximum atomic E-state index is 12.2. The van der Waals surface area contributed by atoms with Crippen molar-refractivity contribution in [1.82, 2.24) is 5.32 Å². The van der Waals surface area contributed by atoms with E-state index >= 15 is 0 Å². The zero-order chi connectivity index (χ0) is 16.9. The number of amides is 1. The summed E-state index contributed by atoms with van der Waals surface area (Å²) in [5.74, 6) is -0.215. The van der Waals surface area contributed by atoms with Crippen molar-refractivity contribution >= 4 is 11.9 Å². The summed E-state index contributed by atoms with van der Waals surface area (Å²) in [7, 11) is 1.31. The van der Waals surface area contributed by atoms with Crippen molar-refractivity contribution < 1.29 is 19.1 Å². The van der Waals surface area contributed by atoms with Crippen LogP contribution in [0.15, 0.2) is 24.3 Å². The highest BCUT2D eigenvalue weighted by atomic mass is 16.5. The van der Waals surface area contributed by atoms with Gasteiger partial charge in [-0.2, -0.15) is 0 Å². The van der Waals surface area contributed by atoms with Crippen molar-refractivity contribution in [1.29, 1.82) is 0 Å². The maximum absolute atomic E-state index is 12.2. The Morgan fingerprint density at radius 3 is 2.14 bits per heavy atom. The van der Waals surface area contributed by atoms with E-state index in [1.807, 2.05) is 39.8 Å². The molecule has 0 aliphatic carbocycles. The monoisotopic (exact) mass is 307 g/mol. The number of nitrogens with one attached hydrogen (secondary N) is 1. The number of hydrogen-bond acceptors (Lipinski definition) is 4. The van der Waals surface area contributed by atoms with E-state index in [1.165, 1.54) is 7.11 Å². The third-order valence-electron chi connectivity index (χ3n) is 3.29. The normalized spacial score (nSPS) is 13.9. The lowest BCUT2D eigenvalue weighted by Gasteiger charge is -2.30. The lowest BCUT2D eigenvalue weighted by Crippen LogP contribution is -2.52. The Bertz CT molecular complexity index is 516. The third-order valence-corrected chi connectivity index (χ3v) is 3.29. The van der Waals surface area contributed by atoms with Gasteiger partial charge in [0.15, 0.2) is 6.10 Å². The molecule has 5 nitrogen and oxygen atoms in total. The van der Waals surface area contributed by atoms with Crippen molar-refractivity contribution in [2.75, 3.05) is 7.11 Å². The molecular weight excluding hydrogens is 282 g/mol. The Hall–Kier alpha value is -2.04. The first-order valence-corrected chi connectivity index (χ1v) is 7.26. The average molecular weight is 307 g/mol. The van der Waals surface area contributed by atoms with Gasteiger partial charge < -0.3 is 14.8 Å². The van der Waals surface area contributed by atoms with Gasteiger partial charge in [0, 0.05) is 0 Å². The molecule has 0 saturated heterocycles. The van der Waals surface area contributed by atoms with Gasteiger partial charge in [-0.15, -0.1) is 0 Å². The number of esters is 1. The molecule has 0 heterocycles. The van der Waals surface area contributed by atoms with E-state index in [2.05, 4.69) is 5.32 Å². The highest BCUT2D eigenvalue weighted by Gasteiger charge is 2.34. The first-order chi connectivity index (χ1) is 10.1. The Morgan fingerprint density at radius 2 is 1.68 bits per heavy atom. The number of carbonyl (C=O) groups excluding carboxylic acids is 2. The van der Waals surface area contributed by atoms with Gasteiger partial charge in [-0.1, -0.05) is 38.5 Å². The summed E-state index contributed by atoms with van der Waals surface area (Å²) < 4.78 is 10.4. The van der Waals surface area contributed by atoms with E-state index in [0.717, 1.165) is 5.56 Å². The van der Waals surface area contributed by atoms with Crippen LogP contribution in [0, 0.1) is 12.3 Å². The molecule has 1 rings (SSSR count). The summed E-state index contributed by atoms with van der Waals surface area (Å²) in [6.45, 7) is 9.21. The van der Waals surface area contributed by atoms with Gasteiger partial charge in [0.05, 0.1) is 7.11 Å². The minimum atomic E-state index is -0.728. The summed E-state index contributed by atoms with van der Waals surface area (Å²) in [5.41, 5.74) is 0.662. The molecule has 0 spiro atoms. The first kappa shape index (κ1) is 18.0. The molecule has 1 N–H and O–H groups in total. The van der Waals surface area contributed by atoms with E-state index in [1.54, 1.807) is 19.1 Å². The first-order valence-electron chi connectivity index (χ1n) is 7.26. The fourth-order valence-corrected chi connectivity index (χ4v) is 1.88. The number of methoxy groups -OCH3 is 1. The summed E-state index contributed by atoms with van der Waals surface area (Å²) >= 11 is 0. The van der Waals surface area contributed by atoms with Crippen molar-refractivity contribution in [3.8, 4) is 5.75 Å². The fourth-order valence-electron chi connectivity index (χ4n) is 1.88. The standard InChI is InChI=1S/C17H25NO4/c1-11-7-9-13(10-8-11)22-12(2)15(19)18-14(16(20)21-6)17(3,4)5/h7-10,12,14H,1-6H3,(H,18,19)/t12?,14-/m1/s1. The van der Waals surface area contributed by atoms with Crippen molar-refractivity contribution in [2.24, 2.45) is 5.41 Å². The Labute approximate surface area is 132 Å². The van der Waals surface area contributed by atoms with Crippen LogP contribution in [0.1, 0.15) is 33.3 Å². The lowest BCUT2D eigenvalue weighted by molar-refractivity contribution is -0.149. The molecule has 1 unspecified atom stereocenters. The van der Waals surface area contributed by atoms with Gasteiger partial charge in [0.2, 0.25) is 0 Å². The van der Waals surface area contributed by atoms with Crippen molar-refractivity contribution in [2.45, 2.75) is 46.8 Å². The largest absolute Gasteiger partial charge is 0.481 e. The zero-order valence-electron chi connectivity index (χ0n) is 14.1. The predicted octanol–water partition coefficient (Wildman–Crippen LogP) is 2.47. The van der Waals surface area contributed by atoms with Crippen LogP contribution in [0.4, 0.5) is 0 Å². The average Bonchev–Trinajstić information content (AvgIpc) is 2.44. The smallest absolute Gasteiger partial charge is 0.328 e. The van der Waals surface area contributed by atoms with Gasteiger partial charge >= 0.3 is 5.97 Å². The van der Waals surface area contributed by atoms with Gasteiger partial charge in [0.1, 0.15) is 11.8 Å². The molecule has 0 radical (unpaired) electrons. The molecule has 0 aliphatic rings. The molecule has 0 saturated carbocycles. The molecule has 22 heavy (non-hydrogen) atoms. The van der Waals surface area contributed by atoms with E-state index in [-0.39, 0.29) is 5.91 Å². The summed E-state index contributed by atoms with van der Waals surface area (Å²) in [6, 6.07) is 6.70. The number of ether oxygens (including phenoxy) is 2. The van der Waals surface area contributed by atoms with Gasteiger partial charge in [-0.25, -0.2) is 4.79 Å². The van der Waals surface area contributed by atoms with E-state index in [9.17, 15) is 9.59 Å². The molecule has 1 amide bonds. The van der Waals surface area contributed by atoms with Crippen LogP contribution in [0.25, 0.3) is 0 Å². The van der Waals surface area contributed by atoms with Crippen LogP contribution in [0.2, 0.25) is 0 Å². The number of aryl methyl sites for hydroxylation is 1. The van der Waals surface area contributed by atoms with E-state index in [4.69, 9.17) is 9.47 Å². The third kappa shape index (κ3) is 5.06. The van der Waals surface area contributed by atoms with Crippen LogP contribution in [-0.2, 0) is 14.3 Å². The highest BCUT2D eigenvalue weighted by Crippen LogP contribution is 2.21. The summed E-state index contributed by atoms with van der Waals surface area (Å²) in [6.07, 6.45) is -0.711. The summed E-state index contributed by atoms with van der Waals surface area (Å²) in [4.78, 5) is 24.1. The molecule has 1 aromatic rings. The predicted molar refractivity (Wildman–Crippen MR) is 84.7 cm³/mol. The molecule has 0 aliphatic heterocycles. The minimum absolute atomic E-state index is 0.356. The number of rotatable bonds is 5. The zero-order valence-corrected chi connectivity index (χ0v) is 14.1. The summed E-state index contributed by atoms with van der Waals surface area (Å²) in [5, 5.41) is 2.70. The van der Waals surface area contributed by atoms with Gasteiger partial charge in [-0.05, 0) is 31.4 Å². The second-order valence-electron chi connectivity index (χ2n) is 6.40. The van der Waals surface area contributed by atoms with Crippen LogP contribution < -0.4 is 10.1 Å². The van der Waals surface area contributed by atoms with Gasteiger partial charge in [-0.3, -0.25) is 4.79 Å². The molecule has 0 bridgehead atoms. The molecule has 1 aromatic carbocycles. The SMILES string of the molecule is COC(=O)[C@@H](NC(=O)C(C)Oc1ccc(C)cc1)C(C)(C)C.